The lowest BCUT2D eigenvalue weighted by molar-refractivity contribution is -0.163. The molecule has 3 N–H and O–H groups in total. The highest BCUT2D eigenvalue weighted by Crippen LogP contribution is 2.45. The maximum atomic E-state index is 13.0. The molecule has 2 heterocycles. The molecule has 1 aromatic heterocycles. The van der Waals surface area contributed by atoms with Gasteiger partial charge in [-0.05, 0) is 30.9 Å². The first-order valence-electron chi connectivity index (χ1n) is 9.10. The van der Waals surface area contributed by atoms with E-state index in [0.29, 0.717) is 17.5 Å². The van der Waals surface area contributed by atoms with E-state index in [-0.39, 0.29) is 31.1 Å². The van der Waals surface area contributed by atoms with Crippen LogP contribution in [0.25, 0.3) is 11.0 Å². The normalized spacial score (nSPS) is 25.5. The first-order valence-corrected chi connectivity index (χ1v) is 9.10. The molecular formula is C19H21N3O5. The number of hydrogen-bond acceptors (Lipinski definition) is 5. The molecule has 1 aromatic carbocycles. The van der Waals surface area contributed by atoms with Gasteiger partial charge in [0, 0.05) is 13.1 Å². The van der Waals surface area contributed by atoms with Crippen LogP contribution >= 0.6 is 0 Å². The second-order valence-electron chi connectivity index (χ2n) is 7.57. The van der Waals surface area contributed by atoms with Gasteiger partial charge in [-0.3, -0.25) is 14.4 Å². The lowest BCUT2D eigenvalue weighted by Gasteiger charge is -2.43. The fourth-order valence-electron chi connectivity index (χ4n) is 3.91. The Balaban J connectivity index is 1.66. The number of aromatic amines is 1. The highest BCUT2D eigenvalue weighted by Gasteiger charge is 2.52. The van der Waals surface area contributed by atoms with Crippen LogP contribution in [0.3, 0.4) is 0 Å². The number of benzene rings is 1. The van der Waals surface area contributed by atoms with Crippen molar-refractivity contribution < 1.29 is 19.8 Å². The molecule has 8 heteroatoms. The number of aliphatic hydroxyl groups excluding tert-OH is 1. The SMILES string of the molecule is O=C(c1nc2ccccc2[nH]c1=O)N1CC[C@@H](O)[C@](CC2CC2)(C(=O)O)C1. The van der Waals surface area contributed by atoms with Crippen LogP contribution in [0.5, 0.6) is 0 Å². The number of carboxylic acids is 1. The molecule has 1 aliphatic carbocycles. The number of rotatable bonds is 4. The lowest BCUT2D eigenvalue weighted by Crippen LogP contribution is -2.58. The van der Waals surface area contributed by atoms with Crippen molar-refractivity contribution in [3.63, 3.8) is 0 Å². The molecule has 4 rings (SSSR count). The van der Waals surface area contributed by atoms with Gasteiger partial charge in [-0.2, -0.15) is 0 Å². The number of amides is 1. The number of fused-ring (bicyclic) bond motifs is 1. The van der Waals surface area contributed by atoms with Crippen LogP contribution in [0.1, 0.15) is 36.2 Å². The summed E-state index contributed by atoms with van der Waals surface area (Å²) in [5.74, 6) is -1.43. The number of nitrogens with zero attached hydrogens (tertiary/aromatic N) is 2. The summed E-state index contributed by atoms with van der Waals surface area (Å²) in [6.07, 6.45) is 1.39. The third-order valence-corrected chi connectivity index (χ3v) is 5.65. The summed E-state index contributed by atoms with van der Waals surface area (Å²) in [5.41, 5.74) is -1.23. The van der Waals surface area contributed by atoms with Crippen molar-refractivity contribution in [3.8, 4) is 0 Å². The zero-order chi connectivity index (χ0) is 19.2. The second-order valence-corrected chi connectivity index (χ2v) is 7.57. The van der Waals surface area contributed by atoms with Gasteiger partial charge in [0.2, 0.25) is 0 Å². The van der Waals surface area contributed by atoms with E-state index in [4.69, 9.17) is 0 Å². The van der Waals surface area contributed by atoms with Crippen molar-refractivity contribution in [2.45, 2.75) is 31.8 Å². The minimum Gasteiger partial charge on any atom is -0.481 e. The second kappa shape index (κ2) is 6.45. The number of piperidine rings is 1. The molecule has 0 bridgehead atoms. The van der Waals surface area contributed by atoms with Crippen LogP contribution in [0.4, 0.5) is 0 Å². The lowest BCUT2D eigenvalue weighted by atomic mass is 9.73. The van der Waals surface area contributed by atoms with Crippen molar-refractivity contribution in [1.29, 1.82) is 0 Å². The smallest absolute Gasteiger partial charge is 0.314 e. The number of hydrogen-bond donors (Lipinski definition) is 3. The van der Waals surface area contributed by atoms with E-state index >= 15 is 0 Å². The molecule has 0 unspecified atom stereocenters. The van der Waals surface area contributed by atoms with Gasteiger partial charge in [0.15, 0.2) is 5.69 Å². The maximum Gasteiger partial charge on any atom is 0.314 e. The van der Waals surface area contributed by atoms with Crippen LogP contribution in [0, 0.1) is 11.3 Å². The fraction of sp³-hybridized carbons (Fsp3) is 0.474. The zero-order valence-corrected chi connectivity index (χ0v) is 14.7. The number of aromatic nitrogens is 2. The van der Waals surface area contributed by atoms with Gasteiger partial charge < -0.3 is 20.1 Å². The Morgan fingerprint density at radius 3 is 2.70 bits per heavy atom. The number of carbonyl (C=O) groups excluding carboxylic acids is 1. The van der Waals surface area contributed by atoms with E-state index in [9.17, 15) is 24.6 Å². The molecule has 1 aliphatic heterocycles. The Bertz CT molecular complexity index is 967. The monoisotopic (exact) mass is 371 g/mol. The third kappa shape index (κ3) is 3.10. The van der Waals surface area contributed by atoms with E-state index in [1.165, 1.54) is 4.90 Å². The van der Waals surface area contributed by atoms with Crippen LogP contribution < -0.4 is 5.56 Å². The molecule has 1 saturated carbocycles. The molecule has 8 nitrogen and oxygen atoms in total. The molecule has 27 heavy (non-hydrogen) atoms. The molecular weight excluding hydrogens is 350 g/mol. The van der Waals surface area contributed by atoms with E-state index in [1.807, 2.05) is 0 Å². The van der Waals surface area contributed by atoms with Crippen LogP contribution in [0.2, 0.25) is 0 Å². The van der Waals surface area contributed by atoms with Gasteiger partial charge in [-0.1, -0.05) is 25.0 Å². The quantitative estimate of drug-likeness (QED) is 0.737. The summed E-state index contributed by atoms with van der Waals surface area (Å²) >= 11 is 0. The number of carboxylic acid groups (broad SMARTS) is 1. The number of carbonyl (C=O) groups is 2. The number of likely N-dealkylation sites (tertiary alicyclic amines) is 1. The van der Waals surface area contributed by atoms with Crippen molar-refractivity contribution in [3.05, 3.63) is 40.3 Å². The van der Waals surface area contributed by atoms with Crippen molar-refractivity contribution in [2.75, 3.05) is 13.1 Å². The summed E-state index contributed by atoms with van der Waals surface area (Å²) in [6.45, 7) is 0.0699. The first-order chi connectivity index (χ1) is 12.9. The molecule has 1 amide bonds. The van der Waals surface area contributed by atoms with Gasteiger partial charge in [0.05, 0.1) is 17.1 Å². The van der Waals surface area contributed by atoms with Crippen molar-refractivity contribution in [1.82, 2.24) is 14.9 Å². The zero-order valence-electron chi connectivity index (χ0n) is 14.7. The Morgan fingerprint density at radius 2 is 2.00 bits per heavy atom. The van der Waals surface area contributed by atoms with E-state index < -0.39 is 29.0 Å². The molecule has 2 aromatic rings. The largest absolute Gasteiger partial charge is 0.481 e. The Morgan fingerprint density at radius 1 is 1.26 bits per heavy atom. The molecule has 2 fully saturated rings. The average Bonchev–Trinajstić information content (AvgIpc) is 3.46. The summed E-state index contributed by atoms with van der Waals surface area (Å²) in [7, 11) is 0. The number of H-pyrrole nitrogens is 1. The first kappa shape index (κ1) is 17.7. The van der Waals surface area contributed by atoms with Gasteiger partial charge in [0.25, 0.3) is 11.5 Å². The number of para-hydroxylation sites is 2. The van der Waals surface area contributed by atoms with E-state index in [1.54, 1.807) is 24.3 Å². The fourth-order valence-corrected chi connectivity index (χ4v) is 3.91. The Labute approximate surface area is 154 Å². The summed E-state index contributed by atoms with van der Waals surface area (Å²) in [4.78, 5) is 45.5. The highest BCUT2D eigenvalue weighted by atomic mass is 16.4. The van der Waals surface area contributed by atoms with Gasteiger partial charge in [-0.25, -0.2) is 4.98 Å². The Kier molecular flexibility index (Phi) is 4.22. The van der Waals surface area contributed by atoms with Crippen LogP contribution in [0.15, 0.2) is 29.1 Å². The van der Waals surface area contributed by atoms with Crippen LogP contribution in [-0.2, 0) is 4.79 Å². The molecule has 0 spiro atoms. The molecule has 2 atom stereocenters. The van der Waals surface area contributed by atoms with Gasteiger partial charge in [-0.15, -0.1) is 0 Å². The highest BCUT2D eigenvalue weighted by molar-refractivity contribution is 5.94. The number of aliphatic hydroxyl groups is 1. The minimum absolute atomic E-state index is 0.118. The van der Waals surface area contributed by atoms with Crippen molar-refractivity contribution in [2.24, 2.45) is 11.3 Å². The summed E-state index contributed by atoms with van der Waals surface area (Å²) in [5, 5.41) is 20.3. The van der Waals surface area contributed by atoms with E-state index in [2.05, 4.69) is 9.97 Å². The number of nitrogens with one attached hydrogen (secondary N) is 1. The topological polar surface area (TPSA) is 124 Å². The minimum atomic E-state index is -1.39. The molecule has 0 radical (unpaired) electrons. The Hall–Kier alpha value is -2.74. The predicted octanol–water partition coefficient (Wildman–Crippen LogP) is 1.00. The van der Waals surface area contributed by atoms with Gasteiger partial charge >= 0.3 is 5.97 Å². The predicted molar refractivity (Wildman–Crippen MR) is 96.3 cm³/mol. The van der Waals surface area contributed by atoms with E-state index in [0.717, 1.165) is 12.8 Å². The molecule has 1 saturated heterocycles. The third-order valence-electron chi connectivity index (χ3n) is 5.65. The van der Waals surface area contributed by atoms with Crippen LogP contribution in [-0.4, -0.2) is 56.2 Å². The molecule has 2 aliphatic rings. The molecule has 142 valence electrons. The number of aliphatic carboxylic acids is 1. The van der Waals surface area contributed by atoms with Gasteiger partial charge in [0.1, 0.15) is 5.41 Å². The summed E-state index contributed by atoms with van der Waals surface area (Å²) in [6, 6.07) is 6.90. The summed E-state index contributed by atoms with van der Waals surface area (Å²) < 4.78 is 0. The maximum absolute atomic E-state index is 13.0. The van der Waals surface area contributed by atoms with Crippen molar-refractivity contribution >= 4 is 22.9 Å². The standard InChI is InChI=1S/C19H21N3O5/c23-14-7-8-22(10-19(14,18(26)27)9-11-5-6-11)17(25)15-16(24)21-13-4-2-1-3-12(13)20-15/h1-4,11,14,23H,5-10H2,(H,21,24)(H,26,27)/t14-,19-/m1/s1. The average molecular weight is 371 g/mol.